The molecular formula is C18H21N3O3. The summed E-state index contributed by atoms with van der Waals surface area (Å²) in [5.41, 5.74) is 1.88. The smallest absolute Gasteiger partial charge is 0.323 e. The van der Waals surface area contributed by atoms with Crippen molar-refractivity contribution in [3.05, 3.63) is 48.5 Å². The molecule has 0 heterocycles. The van der Waals surface area contributed by atoms with Crippen molar-refractivity contribution >= 4 is 29.0 Å². The molecule has 24 heavy (non-hydrogen) atoms. The van der Waals surface area contributed by atoms with Gasteiger partial charge in [-0.3, -0.25) is 4.79 Å². The summed E-state index contributed by atoms with van der Waals surface area (Å²) >= 11 is 0. The first-order valence-corrected chi connectivity index (χ1v) is 7.65. The van der Waals surface area contributed by atoms with Gasteiger partial charge in [-0.05, 0) is 50.2 Å². The van der Waals surface area contributed by atoms with Crippen LogP contribution in [0.1, 0.15) is 20.8 Å². The molecule has 2 aromatic rings. The number of para-hydroxylation sites is 2. The highest BCUT2D eigenvalue weighted by molar-refractivity contribution is 6.00. The summed E-state index contributed by atoms with van der Waals surface area (Å²) in [7, 11) is 0. The van der Waals surface area contributed by atoms with Gasteiger partial charge in [0.25, 0.3) is 0 Å². The number of amides is 3. The average molecular weight is 327 g/mol. The molecule has 0 atom stereocenters. The van der Waals surface area contributed by atoms with E-state index in [-0.39, 0.29) is 18.0 Å². The largest absolute Gasteiger partial charge is 0.489 e. The van der Waals surface area contributed by atoms with E-state index in [1.54, 1.807) is 36.4 Å². The van der Waals surface area contributed by atoms with Crippen LogP contribution in [0.5, 0.6) is 5.75 Å². The van der Waals surface area contributed by atoms with Crippen LogP contribution >= 0.6 is 0 Å². The molecule has 126 valence electrons. The number of benzene rings is 2. The van der Waals surface area contributed by atoms with E-state index in [0.717, 1.165) is 0 Å². The second-order valence-electron chi connectivity index (χ2n) is 5.50. The van der Waals surface area contributed by atoms with Gasteiger partial charge in [0.15, 0.2) is 0 Å². The Bertz CT molecular complexity index is 712. The van der Waals surface area contributed by atoms with Crippen molar-refractivity contribution in [2.45, 2.75) is 26.9 Å². The maximum atomic E-state index is 12.1. The van der Waals surface area contributed by atoms with Crippen molar-refractivity contribution in [3.8, 4) is 5.75 Å². The topological polar surface area (TPSA) is 79.5 Å². The Morgan fingerprint density at radius 2 is 1.46 bits per heavy atom. The van der Waals surface area contributed by atoms with Crippen LogP contribution in [0.25, 0.3) is 0 Å². The molecule has 0 aliphatic carbocycles. The maximum absolute atomic E-state index is 12.1. The van der Waals surface area contributed by atoms with Gasteiger partial charge in [0.1, 0.15) is 5.75 Å². The Balaban J connectivity index is 1.99. The number of carbonyl (C=O) groups is 2. The number of anilines is 3. The van der Waals surface area contributed by atoms with Crippen LogP contribution < -0.4 is 20.7 Å². The van der Waals surface area contributed by atoms with E-state index in [0.29, 0.717) is 22.8 Å². The molecule has 0 saturated carbocycles. The first-order chi connectivity index (χ1) is 11.4. The molecule has 6 heteroatoms. The van der Waals surface area contributed by atoms with Gasteiger partial charge in [-0.15, -0.1) is 0 Å². The Labute approximate surface area is 141 Å². The van der Waals surface area contributed by atoms with Crippen LogP contribution in [0.2, 0.25) is 0 Å². The lowest BCUT2D eigenvalue weighted by Crippen LogP contribution is -2.20. The minimum Gasteiger partial charge on any atom is -0.489 e. The lowest BCUT2D eigenvalue weighted by atomic mass is 10.2. The fraction of sp³-hybridized carbons (Fsp3) is 0.222. The van der Waals surface area contributed by atoms with E-state index >= 15 is 0 Å². The third-order valence-corrected chi connectivity index (χ3v) is 2.96. The standard InChI is InChI=1S/C18H21N3O3/c1-12(2)24-17-7-5-4-6-16(17)21-18(23)20-15-10-8-14(9-11-15)19-13(3)22/h4-12H,1-3H3,(H,19,22)(H2,20,21,23). The highest BCUT2D eigenvalue weighted by atomic mass is 16.5. The first-order valence-electron chi connectivity index (χ1n) is 7.65. The molecule has 6 nitrogen and oxygen atoms in total. The SMILES string of the molecule is CC(=O)Nc1ccc(NC(=O)Nc2ccccc2OC(C)C)cc1. The highest BCUT2D eigenvalue weighted by Gasteiger charge is 2.09. The van der Waals surface area contributed by atoms with Crippen LogP contribution in [-0.4, -0.2) is 18.0 Å². The third-order valence-electron chi connectivity index (χ3n) is 2.96. The number of urea groups is 1. The molecule has 0 fully saturated rings. The summed E-state index contributed by atoms with van der Waals surface area (Å²) in [5.74, 6) is 0.471. The zero-order valence-electron chi connectivity index (χ0n) is 13.9. The molecule has 0 aliphatic rings. The number of rotatable bonds is 5. The van der Waals surface area contributed by atoms with Crippen LogP contribution in [0.15, 0.2) is 48.5 Å². The van der Waals surface area contributed by atoms with Gasteiger partial charge < -0.3 is 20.7 Å². The van der Waals surface area contributed by atoms with E-state index in [4.69, 9.17) is 4.74 Å². The fourth-order valence-electron chi connectivity index (χ4n) is 2.05. The quantitative estimate of drug-likeness (QED) is 0.774. The summed E-state index contributed by atoms with van der Waals surface area (Å²) < 4.78 is 5.67. The Kier molecular flexibility index (Phi) is 5.78. The number of nitrogens with one attached hydrogen (secondary N) is 3. The molecule has 0 spiro atoms. The summed E-state index contributed by atoms with van der Waals surface area (Å²) in [6.07, 6.45) is 0.0114. The predicted octanol–water partition coefficient (Wildman–Crippen LogP) is 4.08. The molecule has 0 aromatic heterocycles. The summed E-state index contributed by atoms with van der Waals surface area (Å²) in [4.78, 5) is 23.1. The number of hydrogen-bond donors (Lipinski definition) is 3. The van der Waals surface area contributed by atoms with E-state index in [1.807, 2.05) is 26.0 Å². The van der Waals surface area contributed by atoms with Crippen LogP contribution in [0.3, 0.4) is 0 Å². The lowest BCUT2D eigenvalue weighted by molar-refractivity contribution is -0.114. The van der Waals surface area contributed by atoms with Gasteiger partial charge in [-0.1, -0.05) is 12.1 Å². The maximum Gasteiger partial charge on any atom is 0.323 e. The first kappa shape index (κ1) is 17.3. The zero-order valence-corrected chi connectivity index (χ0v) is 13.9. The van der Waals surface area contributed by atoms with Crippen LogP contribution in [-0.2, 0) is 4.79 Å². The lowest BCUT2D eigenvalue weighted by Gasteiger charge is -2.15. The van der Waals surface area contributed by atoms with Crippen molar-refractivity contribution in [1.29, 1.82) is 0 Å². The Hall–Kier alpha value is -3.02. The highest BCUT2D eigenvalue weighted by Crippen LogP contribution is 2.25. The van der Waals surface area contributed by atoms with E-state index in [1.165, 1.54) is 6.92 Å². The van der Waals surface area contributed by atoms with Gasteiger partial charge >= 0.3 is 6.03 Å². The summed E-state index contributed by atoms with van der Waals surface area (Å²) in [6.45, 7) is 5.29. The number of ether oxygens (including phenoxy) is 1. The Morgan fingerprint density at radius 3 is 2.04 bits per heavy atom. The van der Waals surface area contributed by atoms with Gasteiger partial charge in [0.2, 0.25) is 5.91 Å². The molecule has 0 aliphatic heterocycles. The van der Waals surface area contributed by atoms with Crippen LogP contribution in [0, 0.1) is 0 Å². The van der Waals surface area contributed by atoms with Gasteiger partial charge in [-0.2, -0.15) is 0 Å². The predicted molar refractivity (Wildman–Crippen MR) is 95.6 cm³/mol. The normalized spacial score (nSPS) is 10.2. The molecule has 3 N–H and O–H groups in total. The molecule has 0 radical (unpaired) electrons. The zero-order chi connectivity index (χ0) is 17.5. The number of hydrogen-bond acceptors (Lipinski definition) is 3. The minimum absolute atomic E-state index is 0.0114. The molecule has 2 aromatic carbocycles. The molecule has 3 amide bonds. The van der Waals surface area contributed by atoms with Crippen molar-refractivity contribution in [1.82, 2.24) is 0 Å². The molecule has 0 unspecified atom stereocenters. The summed E-state index contributed by atoms with van der Waals surface area (Å²) in [5, 5.41) is 8.17. The van der Waals surface area contributed by atoms with E-state index in [2.05, 4.69) is 16.0 Å². The molecule has 0 bridgehead atoms. The van der Waals surface area contributed by atoms with Crippen molar-refractivity contribution < 1.29 is 14.3 Å². The van der Waals surface area contributed by atoms with Crippen molar-refractivity contribution in [2.75, 3.05) is 16.0 Å². The summed E-state index contributed by atoms with van der Waals surface area (Å²) in [6, 6.07) is 13.7. The molecular weight excluding hydrogens is 306 g/mol. The Morgan fingerprint density at radius 1 is 0.875 bits per heavy atom. The average Bonchev–Trinajstić information content (AvgIpc) is 2.50. The third kappa shape index (κ3) is 5.31. The van der Waals surface area contributed by atoms with Crippen molar-refractivity contribution in [3.63, 3.8) is 0 Å². The van der Waals surface area contributed by atoms with Crippen LogP contribution in [0.4, 0.5) is 21.9 Å². The van der Waals surface area contributed by atoms with E-state index in [9.17, 15) is 9.59 Å². The number of carbonyl (C=O) groups excluding carboxylic acids is 2. The molecule has 2 rings (SSSR count). The molecule has 0 saturated heterocycles. The van der Waals surface area contributed by atoms with Crippen molar-refractivity contribution in [2.24, 2.45) is 0 Å². The second kappa shape index (κ2) is 8.01. The van der Waals surface area contributed by atoms with Gasteiger partial charge in [-0.25, -0.2) is 4.79 Å². The fourth-order valence-corrected chi connectivity index (χ4v) is 2.05. The second-order valence-corrected chi connectivity index (χ2v) is 5.50. The monoisotopic (exact) mass is 327 g/mol. The van der Waals surface area contributed by atoms with Gasteiger partial charge in [0.05, 0.1) is 11.8 Å². The van der Waals surface area contributed by atoms with E-state index < -0.39 is 0 Å². The minimum atomic E-state index is -0.373. The van der Waals surface area contributed by atoms with Gasteiger partial charge in [0, 0.05) is 18.3 Å².